The van der Waals surface area contributed by atoms with Crippen molar-refractivity contribution >= 4 is 11.6 Å². The molecule has 4 nitrogen and oxygen atoms in total. The molecule has 4 rings (SSSR count). The van der Waals surface area contributed by atoms with Crippen molar-refractivity contribution in [1.29, 1.82) is 0 Å². The molecule has 0 N–H and O–H groups in total. The third-order valence-corrected chi connectivity index (χ3v) is 5.06. The van der Waals surface area contributed by atoms with Crippen LogP contribution in [0.1, 0.15) is 30.0 Å². The molecule has 1 aliphatic heterocycles. The molecule has 1 saturated heterocycles. The quantitative estimate of drug-likeness (QED) is 0.570. The standard InChI is InChI=1S/C25H24N2O2/c1-19-17-23(29-18-20-11-5-2-6-12-20)27(25(19)28)26-24(21-13-7-3-8-14-21)22-15-9-4-10-16-22/h2-16,19,23H,17-18H2,1H3/t19-,23?/m1/s1. The normalized spacial score (nSPS) is 18.7. The second kappa shape index (κ2) is 8.84. The molecule has 0 radical (unpaired) electrons. The zero-order chi connectivity index (χ0) is 20.1. The van der Waals surface area contributed by atoms with E-state index in [1.807, 2.05) is 97.9 Å². The Hall–Kier alpha value is -3.24. The summed E-state index contributed by atoms with van der Waals surface area (Å²) < 4.78 is 6.11. The second-order valence-electron chi connectivity index (χ2n) is 7.25. The van der Waals surface area contributed by atoms with Gasteiger partial charge in [0.15, 0.2) is 6.23 Å². The van der Waals surface area contributed by atoms with Crippen LogP contribution in [0.2, 0.25) is 0 Å². The van der Waals surface area contributed by atoms with Crippen LogP contribution in [0.5, 0.6) is 0 Å². The Labute approximate surface area is 171 Å². The van der Waals surface area contributed by atoms with E-state index < -0.39 is 0 Å². The molecule has 1 aliphatic rings. The van der Waals surface area contributed by atoms with Crippen LogP contribution in [0.15, 0.2) is 96.1 Å². The largest absolute Gasteiger partial charge is 0.352 e. The van der Waals surface area contributed by atoms with Gasteiger partial charge in [-0.2, -0.15) is 5.10 Å². The smallest absolute Gasteiger partial charge is 0.248 e. The third-order valence-electron chi connectivity index (χ3n) is 5.06. The van der Waals surface area contributed by atoms with Crippen molar-refractivity contribution in [2.75, 3.05) is 0 Å². The number of amides is 1. The lowest BCUT2D eigenvalue weighted by Gasteiger charge is -2.22. The number of hydrazone groups is 1. The Morgan fingerprint density at radius 3 is 1.97 bits per heavy atom. The molecular weight excluding hydrogens is 360 g/mol. The van der Waals surface area contributed by atoms with Crippen molar-refractivity contribution in [3.63, 3.8) is 0 Å². The summed E-state index contributed by atoms with van der Waals surface area (Å²) in [6.07, 6.45) is 0.256. The van der Waals surface area contributed by atoms with Gasteiger partial charge in [-0.25, -0.2) is 5.01 Å². The Morgan fingerprint density at radius 1 is 0.897 bits per heavy atom. The van der Waals surface area contributed by atoms with Crippen molar-refractivity contribution in [2.45, 2.75) is 26.2 Å². The van der Waals surface area contributed by atoms with Crippen molar-refractivity contribution in [3.8, 4) is 0 Å². The summed E-state index contributed by atoms with van der Waals surface area (Å²) in [6.45, 7) is 2.38. The molecule has 29 heavy (non-hydrogen) atoms. The molecule has 1 amide bonds. The van der Waals surface area contributed by atoms with Crippen LogP contribution in [0.3, 0.4) is 0 Å². The summed E-state index contributed by atoms with van der Waals surface area (Å²) >= 11 is 0. The lowest BCUT2D eigenvalue weighted by atomic mass is 10.0. The average molecular weight is 384 g/mol. The highest BCUT2D eigenvalue weighted by Crippen LogP contribution is 2.27. The van der Waals surface area contributed by atoms with Crippen LogP contribution in [0, 0.1) is 5.92 Å². The Balaban J connectivity index is 1.65. The number of nitrogens with zero attached hydrogens (tertiary/aromatic N) is 2. The van der Waals surface area contributed by atoms with Gasteiger partial charge < -0.3 is 4.74 Å². The van der Waals surface area contributed by atoms with Crippen molar-refractivity contribution in [3.05, 3.63) is 108 Å². The highest BCUT2D eigenvalue weighted by Gasteiger charge is 2.38. The van der Waals surface area contributed by atoms with E-state index in [4.69, 9.17) is 9.84 Å². The molecule has 3 aromatic carbocycles. The van der Waals surface area contributed by atoms with E-state index in [0.717, 1.165) is 22.4 Å². The molecule has 1 heterocycles. The minimum atomic E-state index is -0.375. The fourth-order valence-electron chi connectivity index (χ4n) is 3.47. The zero-order valence-electron chi connectivity index (χ0n) is 16.4. The van der Waals surface area contributed by atoms with E-state index in [0.29, 0.717) is 13.0 Å². The summed E-state index contributed by atoms with van der Waals surface area (Å²) in [5.74, 6) is -0.125. The molecule has 1 unspecified atom stereocenters. The fourth-order valence-corrected chi connectivity index (χ4v) is 3.47. The van der Waals surface area contributed by atoms with E-state index in [2.05, 4.69) is 0 Å². The molecule has 146 valence electrons. The van der Waals surface area contributed by atoms with E-state index in [1.54, 1.807) is 0 Å². The van der Waals surface area contributed by atoms with E-state index in [-0.39, 0.29) is 18.1 Å². The SMILES string of the molecule is C[C@@H]1CC(OCc2ccccc2)N(N=C(c2ccccc2)c2ccccc2)C1=O. The summed E-state index contributed by atoms with van der Waals surface area (Å²) in [5.41, 5.74) is 3.78. The third kappa shape index (κ3) is 4.44. The number of hydrogen-bond donors (Lipinski definition) is 0. The summed E-state index contributed by atoms with van der Waals surface area (Å²) in [5, 5.41) is 6.35. The molecule has 0 aromatic heterocycles. The number of rotatable bonds is 6. The Bertz CT molecular complexity index is 930. The van der Waals surface area contributed by atoms with Crippen molar-refractivity contribution in [1.82, 2.24) is 5.01 Å². The predicted molar refractivity (Wildman–Crippen MR) is 114 cm³/mol. The minimum absolute atomic E-state index is 0.00701. The molecule has 0 bridgehead atoms. The van der Waals surface area contributed by atoms with Gasteiger partial charge in [-0.05, 0) is 5.56 Å². The maximum atomic E-state index is 12.9. The molecule has 2 atom stereocenters. The highest BCUT2D eigenvalue weighted by molar-refractivity contribution is 6.13. The maximum absolute atomic E-state index is 12.9. The van der Waals surface area contributed by atoms with Crippen LogP contribution in [-0.4, -0.2) is 22.9 Å². The van der Waals surface area contributed by atoms with Crippen LogP contribution < -0.4 is 0 Å². The summed E-state index contributed by atoms with van der Waals surface area (Å²) in [7, 11) is 0. The van der Waals surface area contributed by atoms with Crippen molar-refractivity contribution in [2.24, 2.45) is 11.0 Å². The summed E-state index contributed by atoms with van der Waals surface area (Å²) in [6, 6.07) is 29.9. The molecular formula is C25H24N2O2. The molecule has 1 fully saturated rings. The lowest BCUT2D eigenvalue weighted by Crippen LogP contribution is -2.32. The van der Waals surface area contributed by atoms with Gasteiger partial charge in [0.25, 0.3) is 0 Å². The minimum Gasteiger partial charge on any atom is -0.352 e. The number of benzene rings is 3. The van der Waals surface area contributed by atoms with Crippen LogP contribution in [0.4, 0.5) is 0 Å². The predicted octanol–water partition coefficient (Wildman–Crippen LogP) is 4.85. The van der Waals surface area contributed by atoms with Gasteiger partial charge in [-0.1, -0.05) is 97.9 Å². The second-order valence-corrected chi connectivity index (χ2v) is 7.25. The molecule has 0 aliphatic carbocycles. The van der Waals surface area contributed by atoms with Crippen LogP contribution in [-0.2, 0) is 16.1 Å². The van der Waals surface area contributed by atoms with E-state index in [1.165, 1.54) is 5.01 Å². The topological polar surface area (TPSA) is 41.9 Å². The molecule has 3 aromatic rings. The number of ether oxygens (including phenoxy) is 1. The van der Waals surface area contributed by atoms with Gasteiger partial charge in [-0.15, -0.1) is 0 Å². The van der Waals surface area contributed by atoms with Crippen LogP contribution >= 0.6 is 0 Å². The molecule has 0 spiro atoms. The van der Waals surface area contributed by atoms with Gasteiger partial charge in [0.05, 0.1) is 12.3 Å². The highest BCUT2D eigenvalue weighted by atomic mass is 16.5. The van der Waals surface area contributed by atoms with Crippen LogP contribution in [0.25, 0.3) is 0 Å². The first-order valence-electron chi connectivity index (χ1n) is 9.90. The molecule has 4 heteroatoms. The first-order valence-corrected chi connectivity index (χ1v) is 9.90. The zero-order valence-corrected chi connectivity index (χ0v) is 16.4. The Morgan fingerprint density at radius 2 is 1.41 bits per heavy atom. The lowest BCUT2D eigenvalue weighted by molar-refractivity contribution is -0.138. The van der Waals surface area contributed by atoms with Gasteiger partial charge >= 0.3 is 0 Å². The van der Waals surface area contributed by atoms with Gasteiger partial charge in [0.1, 0.15) is 0 Å². The number of hydrogen-bond acceptors (Lipinski definition) is 3. The maximum Gasteiger partial charge on any atom is 0.248 e. The molecule has 0 saturated carbocycles. The first-order chi connectivity index (χ1) is 14.2. The van der Waals surface area contributed by atoms with Gasteiger partial charge in [0.2, 0.25) is 5.91 Å². The average Bonchev–Trinajstić information content (AvgIpc) is 3.05. The first kappa shape index (κ1) is 19.1. The van der Waals surface area contributed by atoms with Gasteiger partial charge in [-0.3, -0.25) is 4.79 Å². The number of carbonyl (C=O) groups excluding carboxylic acids is 1. The van der Waals surface area contributed by atoms with Crippen molar-refractivity contribution < 1.29 is 9.53 Å². The number of carbonyl (C=O) groups is 1. The fraction of sp³-hybridized carbons (Fsp3) is 0.200. The van der Waals surface area contributed by atoms with E-state index >= 15 is 0 Å². The monoisotopic (exact) mass is 384 g/mol. The summed E-state index contributed by atoms with van der Waals surface area (Å²) in [4.78, 5) is 12.9. The van der Waals surface area contributed by atoms with E-state index in [9.17, 15) is 4.79 Å². The Kier molecular flexibility index (Phi) is 5.82. The van der Waals surface area contributed by atoms with Gasteiger partial charge in [0, 0.05) is 23.5 Å².